The van der Waals surface area contributed by atoms with E-state index in [1.165, 1.54) is 17.6 Å². The Labute approximate surface area is 69.3 Å². The monoisotopic (exact) mass is 148 g/mol. The Bertz CT molecular complexity index is 216. The van der Waals surface area contributed by atoms with Gasteiger partial charge in [-0.15, -0.1) is 0 Å². The SMILES string of the molecule is CC1=CC=C(C)C(C)CC=C1. The third kappa shape index (κ3) is 2.38. The smallest absolute Gasteiger partial charge is 0.0197 e. The van der Waals surface area contributed by atoms with Crippen LogP contribution in [0, 0.1) is 5.92 Å². The van der Waals surface area contributed by atoms with Crippen molar-refractivity contribution in [2.45, 2.75) is 27.2 Å². The Balaban J connectivity index is 2.84. The Morgan fingerprint density at radius 2 is 2.00 bits per heavy atom. The van der Waals surface area contributed by atoms with Gasteiger partial charge in [-0.3, -0.25) is 0 Å². The standard InChI is InChI=1S/C11H16/c1-9-5-4-6-10(2)11(3)8-7-9/h4-5,7-8,10H,6H2,1-3H3. The first-order chi connectivity index (χ1) is 5.20. The molecule has 60 valence electrons. The summed E-state index contributed by atoms with van der Waals surface area (Å²) in [7, 11) is 0. The van der Waals surface area contributed by atoms with Gasteiger partial charge in [0.1, 0.15) is 0 Å². The molecule has 0 heteroatoms. The molecule has 0 radical (unpaired) electrons. The van der Waals surface area contributed by atoms with Crippen LogP contribution in [-0.4, -0.2) is 0 Å². The van der Waals surface area contributed by atoms with Crippen molar-refractivity contribution >= 4 is 0 Å². The molecule has 1 aliphatic rings. The quantitative estimate of drug-likeness (QED) is 0.493. The van der Waals surface area contributed by atoms with E-state index in [-0.39, 0.29) is 0 Å². The second kappa shape index (κ2) is 3.56. The molecule has 0 saturated heterocycles. The molecule has 0 amide bonds. The van der Waals surface area contributed by atoms with Crippen molar-refractivity contribution in [1.82, 2.24) is 0 Å². The van der Waals surface area contributed by atoms with Crippen LogP contribution in [0.25, 0.3) is 0 Å². The van der Waals surface area contributed by atoms with Crippen molar-refractivity contribution in [1.29, 1.82) is 0 Å². The highest BCUT2D eigenvalue weighted by atomic mass is 14.1. The van der Waals surface area contributed by atoms with Gasteiger partial charge in [-0.2, -0.15) is 0 Å². The van der Waals surface area contributed by atoms with Gasteiger partial charge in [-0.25, -0.2) is 0 Å². The van der Waals surface area contributed by atoms with Crippen LogP contribution < -0.4 is 0 Å². The van der Waals surface area contributed by atoms with E-state index in [9.17, 15) is 0 Å². The fourth-order valence-corrected chi connectivity index (χ4v) is 1.13. The molecule has 11 heavy (non-hydrogen) atoms. The minimum Gasteiger partial charge on any atom is -0.0837 e. The van der Waals surface area contributed by atoms with Crippen LogP contribution in [-0.2, 0) is 0 Å². The molecule has 1 aliphatic carbocycles. The van der Waals surface area contributed by atoms with Crippen LogP contribution >= 0.6 is 0 Å². The fourth-order valence-electron chi connectivity index (χ4n) is 1.13. The Morgan fingerprint density at radius 3 is 2.73 bits per heavy atom. The minimum atomic E-state index is 0.704. The molecule has 1 rings (SSSR count). The molecule has 0 N–H and O–H groups in total. The molecule has 0 fully saturated rings. The van der Waals surface area contributed by atoms with Crippen LogP contribution in [0.5, 0.6) is 0 Å². The number of hydrogen-bond donors (Lipinski definition) is 0. The summed E-state index contributed by atoms with van der Waals surface area (Å²) in [4.78, 5) is 0. The largest absolute Gasteiger partial charge is 0.0837 e. The van der Waals surface area contributed by atoms with E-state index < -0.39 is 0 Å². The summed E-state index contributed by atoms with van der Waals surface area (Å²) in [6.45, 7) is 6.61. The van der Waals surface area contributed by atoms with Gasteiger partial charge in [0.25, 0.3) is 0 Å². The molecular weight excluding hydrogens is 132 g/mol. The summed E-state index contributed by atoms with van der Waals surface area (Å²) in [5.41, 5.74) is 2.82. The van der Waals surface area contributed by atoms with Crippen molar-refractivity contribution in [3.05, 3.63) is 35.5 Å². The first-order valence-corrected chi connectivity index (χ1v) is 4.22. The molecular formula is C11H16. The van der Waals surface area contributed by atoms with Gasteiger partial charge in [0, 0.05) is 0 Å². The maximum atomic E-state index is 2.27. The van der Waals surface area contributed by atoms with Crippen molar-refractivity contribution in [2.75, 3.05) is 0 Å². The summed E-state index contributed by atoms with van der Waals surface area (Å²) in [5.74, 6) is 0.704. The average Bonchev–Trinajstić information content (AvgIpc) is 1.98. The lowest BCUT2D eigenvalue weighted by atomic mass is 9.96. The highest BCUT2D eigenvalue weighted by molar-refractivity contribution is 5.26. The first kappa shape index (κ1) is 8.32. The Kier molecular flexibility index (Phi) is 2.70. The van der Waals surface area contributed by atoms with E-state index in [0.29, 0.717) is 5.92 Å². The molecule has 0 aliphatic heterocycles. The van der Waals surface area contributed by atoms with Gasteiger partial charge in [0.2, 0.25) is 0 Å². The molecule has 0 spiro atoms. The van der Waals surface area contributed by atoms with E-state index in [1.54, 1.807) is 0 Å². The molecule has 0 saturated carbocycles. The van der Waals surface area contributed by atoms with Gasteiger partial charge < -0.3 is 0 Å². The van der Waals surface area contributed by atoms with Crippen LogP contribution in [0.3, 0.4) is 0 Å². The predicted molar refractivity (Wildman–Crippen MR) is 50.4 cm³/mol. The highest BCUT2D eigenvalue weighted by Crippen LogP contribution is 2.17. The molecule has 1 unspecified atom stereocenters. The predicted octanol–water partition coefficient (Wildman–Crippen LogP) is 3.48. The Hall–Kier alpha value is -0.780. The number of allylic oxidation sites excluding steroid dienone is 6. The normalized spacial score (nSPS) is 25.2. The van der Waals surface area contributed by atoms with Gasteiger partial charge >= 0.3 is 0 Å². The minimum absolute atomic E-state index is 0.704. The molecule has 0 aromatic carbocycles. The lowest BCUT2D eigenvalue weighted by Crippen LogP contribution is -1.95. The van der Waals surface area contributed by atoms with E-state index in [4.69, 9.17) is 0 Å². The molecule has 0 aromatic heterocycles. The van der Waals surface area contributed by atoms with Crippen LogP contribution in [0.1, 0.15) is 27.2 Å². The molecule has 0 aromatic rings. The van der Waals surface area contributed by atoms with Crippen molar-refractivity contribution in [3.63, 3.8) is 0 Å². The maximum Gasteiger partial charge on any atom is -0.0197 e. The zero-order valence-electron chi connectivity index (χ0n) is 7.59. The zero-order chi connectivity index (χ0) is 8.27. The van der Waals surface area contributed by atoms with Crippen LogP contribution in [0.15, 0.2) is 35.5 Å². The lowest BCUT2D eigenvalue weighted by Gasteiger charge is -2.10. The van der Waals surface area contributed by atoms with Crippen LogP contribution in [0.2, 0.25) is 0 Å². The molecule has 0 nitrogen and oxygen atoms in total. The lowest BCUT2D eigenvalue weighted by molar-refractivity contribution is 0.693. The van der Waals surface area contributed by atoms with E-state index in [0.717, 1.165) is 0 Å². The van der Waals surface area contributed by atoms with E-state index in [1.807, 2.05) is 0 Å². The second-order valence-electron chi connectivity index (χ2n) is 3.36. The van der Waals surface area contributed by atoms with Crippen molar-refractivity contribution in [2.24, 2.45) is 5.92 Å². The summed E-state index contributed by atoms with van der Waals surface area (Å²) in [6, 6.07) is 0. The third-order valence-corrected chi connectivity index (χ3v) is 2.26. The van der Waals surface area contributed by atoms with Crippen molar-refractivity contribution in [3.8, 4) is 0 Å². The maximum absolute atomic E-state index is 2.27. The van der Waals surface area contributed by atoms with Gasteiger partial charge in [-0.05, 0) is 26.2 Å². The number of hydrogen-bond acceptors (Lipinski definition) is 0. The highest BCUT2D eigenvalue weighted by Gasteiger charge is 2.01. The third-order valence-electron chi connectivity index (χ3n) is 2.26. The van der Waals surface area contributed by atoms with Crippen LogP contribution in [0.4, 0.5) is 0 Å². The zero-order valence-corrected chi connectivity index (χ0v) is 7.59. The average molecular weight is 148 g/mol. The molecule has 1 atom stereocenters. The van der Waals surface area contributed by atoms with Gasteiger partial charge in [-0.1, -0.05) is 42.4 Å². The summed E-state index contributed by atoms with van der Waals surface area (Å²) < 4.78 is 0. The first-order valence-electron chi connectivity index (χ1n) is 4.22. The Morgan fingerprint density at radius 1 is 1.27 bits per heavy atom. The summed E-state index contributed by atoms with van der Waals surface area (Å²) in [5, 5.41) is 0. The summed E-state index contributed by atoms with van der Waals surface area (Å²) >= 11 is 0. The summed E-state index contributed by atoms with van der Waals surface area (Å²) in [6.07, 6.45) is 10.0. The fraction of sp³-hybridized carbons (Fsp3) is 0.455. The topological polar surface area (TPSA) is 0 Å². The van der Waals surface area contributed by atoms with E-state index in [2.05, 4.69) is 45.1 Å². The van der Waals surface area contributed by atoms with Gasteiger partial charge in [0.15, 0.2) is 0 Å². The van der Waals surface area contributed by atoms with E-state index >= 15 is 0 Å². The molecule has 0 heterocycles. The van der Waals surface area contributed by atoms with Gasteiger partial charge in [0.05, 0.1) is 0 Å². The second-order valence-corrected chi connectivity index (χ2v) is 3.36. The molecule has 0 bridgehead atoms. The van der Waals surface area contributed by atoms with Crippen molar-refractivity contribution < 1.29 is 0 Å². The number of rotatable bonds is 0.